The number of nitrogens with zero attached hydrogens (tertiary/aromatic N) is 2. The number of carbonyl (C=O) groups is 1. The fraction of sp³-hybridized carbons (Fsp3) is 0.211. The normalized spacial score (nSPS) is 12.0. The highest BCUT2D eigenvalue weighted by Crippen LogP contribution is 2.23. The van der Waals surface area contributed by atoms with E-state index in [-0.39, 0.29) is 11.7 Å². The molecule has 0 radical (unpaired) electrons. The summed E-state index contributed by atoms with van der Waals surface area (Å²) >= 11 is 0. The van der Waals surface area contributed by atoms with E-state index in [4.69, 9.17) is 4.42 Å². The molecular formula is C19H16N2O2. The second-order valence-corrected chi connectivity index (χ2v) is 5.39. The lowest BCUT2D eigenvalue weighted by molar-refractivity contribution is -0.119. The summed E-state index contributed by atoms with van der Waals surface area (Å²) in [4.78, 5) is 16.6. The Bertz CT molecular complexity index is 813. The molecule has 23 heavy (non-hydrogen) atoms. The van der Waals surface area contributed by atoms with Gasteiger partial charge in [0.2, 0.25) is 5.89 Å². The first-order valence-electron chi connectivity index (χ1n) is 7.59. The summed E-state index contributed by atoms with van der Waals surface area (Å²) in [7, 11) is 0. The van der Waals surface area contributed by atoms with Gasteiger partial charge in [0, 0.05) is 6.42 Å². The van der Waals surface area contributed by atoms with Gasteiger partial charge in [-0.05, 0) is 30.5 Å². The van der Waals surface area contributed by atoms with Crippen molar-refractivity contribution in [1.82, 2.24) is 4.98 Å². The number of nitriles is 1. The van der Waals surface area contributed by atoms with Crippen LogP contribution in [0.25, 0.3) is 11.1 Å². The molecule has 4 nitrogen and oxygen atoms in total. The number of hydrogen-bond donors (Lipinski definition) is 0. The van der Waals surface area contributed by atoms with Crippen LogP contribution in [-0.2, 0) is 11.2 Å². The second kappa shape index (κ2) is 6.89. The molecule has 0 bridgehead atoms. The molecule has 0 aliphatic carbocycles. The molecule has 0 amide bonds. The predicted molar refractivity (Wildman–Crippen MR) is 86.8 cm³/mol. The van der Waals surface area contributed by atoms with Crippen molar-refractivity contribution in [3.63, 3.8) is 0 Å². The van der Waals surface area contributed by atoms with Gasteiger partial charge in [0.25, 0.3) is 0 Å². The number of aromatic nitrogens is 1. The maximum Gasteiger partial charge on any atom is 0.220 e. The number of oxazole rings is 1. The Labute approximate surface area is 134 Å². The molecule has 3 rings (SSSR count). The van der Waals surface area contributed by atoms with Crippen molar-refractivity contribution >= 4 is 16.9 Å². The van der Waals surface area contributed by atoms with Crippen LogP contribution in [0, 0.1) is 11.3 Å². The molecule has 0 fully saturated rings. The highest BCUT2D eigenvalue weighted by molar-refractivity contribution is 5.88. The van der Waals surface area contributed by atoms with Crippen molar-refractivity contribution in [1.29, 1.82) is 5.26 Å². The Hall–Kier alpha value is -2.93. The number of para-hydroxylation sites is 2. The van der Waals surface area contributed by atoms with Crippen molar-refractivity contribution in [2.75, 3.05) is 0 Å². The van der Waals surface area contributed by atoms with E-state index in [0.29, 0.717) is 23.9 Å². The van der Waals surface area contributed by atoms with Crippen LogP contribution in [0.2, 0.25) is 0 Å². The predicted octanol–water partition coefficient (Wildman–Crippen LogP) is 4.03. The first kappa shape index (κ1) is 15.0. The molecule has 0 saturated carbocycles. The van der Waals surface area contributed by atoms with Gasteiger partial charge in [-0.2, -0.15) is 5.26 Å². The molecule has 2 aromatic carbocycles. The van der Waals surface area contributed by atoms with Gasteiger partial charge in [-0.1, -0.05) is 42.5 Å². The Morgan fingerprint density at radius 2 is 1.87 bits per heavy atom. The summed E-state index contributed by atoms with van der Waals surface area (Å²) in [6, 6.07) is 19.3. The summed E-state index contributed by atoms with van der Waals surface area (Å²) in [5.74, 6) is -0.883. The average Bonchev–Trinajstić information content (AvgIpc) is 3.00. The van der Waals surface area contributed by atoms with Gasteiger partial charge in [0.05, 0.1) is 6.07 Å². The van der Waals surface area contributed by atoms with E-state index in [0.717, 1.165) is 6.42 Å². The first-order valence-corrected chi connectivity index (χ1v) is 7.59. The Morgan fingerprint density at radius 3 is 2.61 bits per heavy atom. The second-order valence-electron chi connectivity index (χ2n) is 5.39. The van der Waals surface area contributed by atoms with Crippen molar-refractivity contribution in [3.8, 4) is 6.07 Å². The average molecular weight is 304 g/mol. The van der Waals surface area contributed by atoms with Crippen molar-refractivity contribution in [2.45, 2.75) is 25.2 Å². The molecule has 4 heteroatoms. The molecule has 1 atom stereocenters. The van der Waals surface area contributed by atoms with Gasteiger partial charge in [-0.15, -0.1) is 0 Å². The monoisotopic (exact) mass is 304 g/mol. The van der Waals surface area contributed by atoms with Gasteiger partial charge in [-0.25, -0.2) is 4.98 Å². The summed E-state index contributed by atoms with van der Waals surface area (Å²) in [5, 5.41) is 9.32. The minimum atomic E-state index is -0.932. The van der Waals surface area contributed by atoms with Crippen LogP contribution < -0.4 is 0 Å². The van der Waals surface area contributed by atoms with Gasteiger partial charge < -0.3 is 4.42 Å². The number of Topliss-reactive ketones (excluding diaryl/α,β-unsaturated/α-hetero) is 1. The van der Waals surface area contributed by atoms with Crippen LogP contribution in [0.5, 0.6) is 0 Å². The first-order chi connectivity index (χ1) is 11.3. The van der Waals surface area contributed by atoms with E-state index in [2.05, 4.69) is 4.98 Å². The standard InChI is InChI=1S/C19H16N2O2/c20-13-15(19-21-16-10-4-5-12-18(16)23-19)17(22)11-6-9-14-7-2-1-3-8-14/h1-5,7-8,10,12,15H,6,9,11H2. The lowest BCUT2D eigenvalue weighted by Crippen LogP contribution is -2.11. The van der Waals surface area contributed by atoms with E-state index in [1.807, 2.05) is 48.5 Å². The Kier molecular flexibility index (Phi) is 4.49. The van der Waals surface area contributed by atoms with E-state index >= 15 is 0 Å². The summed E-state index contributed by atoms with van der Waals surface area (Å²) < 4.78 is 5.55. The Morgan fingerprint density at radius 1 is 1.13 bits per heavy atom. The van der Waals surface area contributed by atoms with Crippen LogP contribution in [0.1, 0.15) is 30.2 Å². The zero-order chi connectivity index (χ0) is 16.1. The highest BCUT2D eigenvalue weighted by atomic mass is 16.3. The van der Waals surface area contributed by atoms with Crippen LogP contribution in [0.4, 0.5) is 0 Å². The molecule has 114 valence electrons. The topological polar surface area (TPSA) is 66.9 Å². The number of ketones is 1. The van der Waals surface area contributed by atoms with Gasteiger partial charge in [-0.3, -0.25) is 4.79 Å². The summed E-state index contributed by atoms with van der Waals surface area (Å²) in [5.41, 5.74) is 2.45. The largest absolute Gasteiger partial charge is 0.439 e. The van der Waals surface area contributed by atoms with Crippen molar-refractivity contribution < 1.29 is 9.21 Å². The third-order valence-electron chi connectivity index (χ3n) is 3.74. The van der Waals surface area contributed by atoms with E-state index in [1.165, 1.54) is 5.56 Å². The third kappa shape index (κ3) is 3.46. The molecule has 1 unspecified atom stereocenters. The van der Waals surface area contributed by atoms with Crippen LogP contribution in [0.15, 0.2) is 59.0 Å². The minimum absolute atomic E-state index is 0.144. The van der Waals surface area contributed by atoms with Crippen LogP contribution in [-0.4, -0.2) is 10.8 Å². The number of carbonyl (C=O) groups excluding carboxylic acids is 1. The maximum atomic E-state index is 12.3. The zero-order valence-electron chi connectivity index (χ0n) is 12.6. The van der Waals surface area contributed by atoms with E-state index in [1.54, 1.807) is 12.1 Å². The highest BCUT2D eigenvalue weighted by Gasteiger charge is 2.25. The fourth-order valence-electron chi connectivity index (χ4n) is 2.53. The SMILES string of the molecule is N#CC(C(=O)CCCc1ccccc1)c1nc2ccccc2o1. The number of aryl methyl sites for hydroxylation is 1. The number of rotatable bonds is 6. The third-order valence-corrected chi connectivity index (χ3v) is 3.74. The van der Waals surface area contributed by atoms with Crippen molar-refractivity contribution in [2.24, 2.45) is 0 Å². The van der Waals surface area contributed by atoms with E-state index < -0.39 is 5.92 Å². The molecule has 1 heterocycles. The van der Waals surface area contributed by atoms with E-state index in [9.17, 15) is 10.1 Å². The zero-order valence-corrected chi connectivity index (χ0v) is 12.6. The smallest absolute Gasteiger partial charge is 0.220 e. The quantitative estimate of drug-likeness (QED) is 0.689. The summed E-state index contributed by atoms with van der Waals surface area (Å²) in [6.45, 7) is 0. The molecule has 0 spiro atoms. The van der Waals surface area contributed by atoms with Crippen molar-refractivity contribution in [3.05, 3.63) is 66.1 Å². The number of benzene rings is 2. The van der Waals surface area contributed by atoms with Gasteiger partial charge in [0.1, 0.15) is 5.52 Å². The maximum absolute atomic E-state index is 12.3. The lowest BCUT2D eigenvalue weighted by atomic mass is 9.99. The molecule has 0 N–H and O–H groups in total. The molecule has 0 aliphatic heterocycles. The van der Waals surface area contributed by atoms with Gasteiger partial charge in [0.15, 0.2) is 17.3 Å². The fourth-order valence-corrected chi connectivity index (χ4v) is 2.53. The summed E-state index contributed by atoms with van der Waals surface area (Å²) in [6.07, 6.45) is 1.87. The van der Waals surface area contributed by atoms with Crippen LogP contribution in [0.3, 0.4) is 0 Å². The molecule has 0 aliphatic rings. The van der Waals surface area contributed by atoms with Gasteiger partial charge >= 0.3 is 0 Å². The number of hydrogen-bond acceptors (Lipinski definition) is 4. The Balaban J connectivity index is 1.66. The lowest BCUT2D eigenvalue weighted by Gasteiger charge is -2.04. The molecule has 0 saturated heterocycles. The molecule has 3 aromatic rings. The minimum Gasteiger partial charge on any atom is -0.439 e. The number of fused-ring (bicyclic) bond motifs is 1. The molecular weight excluding hydrogens is 288 g/mol. The van der Waals surface area contributed by atoms with Crippen LogP contribution >= 0.6 is 0 Å². The molecule has 1 aromatic heterocycles.